The van der Waals surface area contributed by atoms with Crippen LogP contribution in [0.2, 0.25) is 0 Å². The number of hydrogen-bond acceptors (Lipinski definition) is 5. The zero-order valence-electron chi connectivity index (χ0n) is 19.3. The van der Waals surface area contributed by atoms with E-state index in [1.54, 1.807) is 6.20 Å². The van der Waals surface area contributed by atoms with Crippen molar-refractivity contribution in [2.24, 2.45) is 0 Å². The van der Waals surface area contributed by atoms with E-state index < -0.39 is 0 Å². The maximum Gasteiger partial charge on any atom is 0.242 e. The molecule has 9 nitrogen and oxygen atoms in total. The first-order chi connectivity index (χ1) is 16.0. The number of nitrogens with one attached hydrogen (secondary N) is 2. The summed E-state index contributed by atoms with van der Waals surface area (Å²) >= 11 is 0. The lowest BCUT2D eigenvalue weighted by Gasteiger charge is -2.24. The first-order valence-electron chi connectivity index (χ1n) is 11.8. The molecule has 174 valence electrons. The smallest absolute Gasteiger partial charge is 0.242 e. The number of amides is 2. The molecule has 9 heteroatoms. The van der Waals surface area contributed by atoms with Crippen molar-refractivity contribution in [1.29, 1.82) is 0 Å². The molecule has 33 heavy (non-hydrogen) atoms. The van der Waals surface area contributed by atoms with Gasteiger partial charge in [-0.25, -0.2) is 4.98 Å². The van der Waals surface area contributed by atoms with E-state index in [2.05, 4.69) is 39.4 Å². The summed E-state index contributed by atoms with van der Waals surface area (Å²) in [7, 11) is 0. The van der Waals surface area contributed by atoms with Crippen LogP contribution in [0.15, 0.2) is 30.6 Å². The topological polar surface area (TPSA) is 97.1 Å². The quantitative estimate of drug-likeness (QED) is 0.600. The van der Waals surface area contributed by atoms with E-state index in [4.69, 9.17) is 4.98 Å². The zero-order chi connectivity index (χ0) is 22.9. The Kier molecular flexibility index (Phi) is 5.78. The SMILES string of the molecule is CC(=O)N[C@H]1CCN(C(=O)Cn2c(CCn3cccn3)nc3c4c(ccc32)N[C@@H](C)CC4)C1. The van der Waals surface area contributed by atoms with Gasteiger partial charge in [0.05, 0.1) is 11.0 Å². The molecule has 3 aromatic rings. The zero-order valence-corrected chi connectivity index (χ0v) is 19.3. The Morgan fingerprint density at radius 1 is 1.27 bits per heavy atom. The normalized spacial score (nSPS) is 20.0. The largest absolute Gasteiger partial charge is 0.382 e. The van der Waals surface area contributed by atoms with Crippen molar-refractivity contribution in [2.75, 3.05) is 18.4 Å². The molecule has 1 fully saturated rings. The monoisotopic (exact) mass is 449 g/mol. The lowest BCUT2D eigenvalue weighted by Crippen LogP contribution is -2.38. The molecule has 2 N–H and O–H groups in total. The van der Waals surface area contributed by atoms with Gasteiger partial charge in [0.25, 0.3) is 0 Å². The van der Waals surface area contributed by atoms with E-state index in [1.807, 2.05) is 21.8 Å². The Bertz CT molecular complexity index is 1170. The summed E-state index contributed by atoms with van der Waals surface area (Å²) in [4.78, 5) is 31.5. The Morgan fingerprint density at radius 2 is 2.15 bits per heavy atom. The summed E-state index contributed by atoms with van der Waals surface area (Å²) in [6.07, 6.45) is 7.25. The predicted octanol–water partition coefficient (Wildman–Crippen LogP) is 1.96. The lowest BCUT2D eigenvalue weighted by atomic mass is 9.98. The van der Waals surface area contributed by atoms with Crippen LogP contribution in [-0.2, 0) is 35.5 Å². The number of fused-ring (bicyclic) bond motifs is 3. The number of anilines is 1. The molecule has 4 heterocycles. The number of hydrogen-bond donors (Lipinski definition) is 2. The van der Waals surface area contributed by atoms with Crippen LogP contribution < -0.4 is 10.6 Å². The third kappa shape index (κ3) is 4.44. The van der Waals surface area contributed by atoms with E-state index in [1.165, 1.54) is 12.5 Å². The number of benzene rings is 1. The third-order valence-corrected chi connectivity index (χ3v) is 6.70. The summed E-state index contributed by atoms with van der Waals surface area (Å²) in [5.41, 5.74) is 4.39. The molecular formula is C24H31N7O2. The molecule has 0 spiro atoms. The number of carbonyl (C=O) groups is 2. The van der Waals surface area contributed by atoms with Gasteiger partial charge in [-0.2, -0.15) is 5.10 Å². The summed E-state index contributed by atoms with van der Waals surface area (Å²) in [6, 6.07) is 6.60. The van der Waals surface area contributed by atoms with E-state index in [0.717, 1.165) is 41.8 Å². The lowest BCUT2D eigenvalue weighted by molar-refractivity contribution is -0.131. The maximum atomic E-state index is 13.2. The molecule has 5 rings (SSSR count). The van der Waals surface area contributed by atoms with Crippen molar-refractivity contribution >= 4 is 28.5 Å². The highest BCUT2D eigenvalue weighted by Crippen LogP contribution is 2.32. The summed E-state index contributed by atoms with van der Waals surface area (Å²) in [5.74, 6) is 0.911. The minimum atomic E-state index is -0.0523. The van der Waals surface area contributed by atoms with Crippen molar-refractivity contribution in [3.63, 3.8) is 0 Å². The Hall–Kier alpha value is -3.36. The Labute approximate surface area is 193 Å². The van der Waals surface area contributed by atoms with E-state index in [0.29, 0.717) is 32.1 Å². The van der Waals surface area contributed by atoms with Crippen molar-refractivity contribution in [2.45, 2.75) is 64.7 Å². The first kappa shape index (κ1) is 21.5. The first-order valence-corrected chi connectivity index (χ1v) is 11.8. The fraction of sp³-hybridized carbons (Fsp3) is 0.500. The van der Waals surface area contributed by atoms with Gasteiger partial charge in [0, 0.05) is 68.7 Å². The molecule has 2 aromatic heterocycles. The number of rotatable bonds is 6. The molecule has 2 aliphatic heterocycles. The number of nitrogens with zero attached hydrogens (tertiary/aromatic N) is 5. The number of aromatic nitrogens is 4. The van der Waals surface area contributed by atoms with Gasteiger partial charge in [0.15, 0.2) is 0 Å². The van der Waals surface area contributed by atoms with E-state index >= 15 is 0 Å². The molecule has 1 aromatic carbocycles. The minimum absolute atomic E-state index is 0.0327. The highest BCUT2D eigenvalue weighted by molar-refractivity contribution is 5.87. The van der Waals surface area contributed by atoms with Crippen molar-refractivity contribution in [3.05, 3.63) is 42.0 Å². The van der Waals surface area contributed by atoms with Crippen LogP contribution in [-0.4, -0.2) is 61.2 Å². The average molecular weight is 450 g/mol. The van der Waals surface area contributed by atoms with Crippen molar-refractivity contribution < 1.29 is 9.59 Å². The van der Waals surface area contributed by atoms with Crippen LogP contribution >= 0.6 is 0 Å². The summed E-state index contributed by atoms with van der Waals surface area (Å²) in [5, 5.41) is 10.8. The van der Waals surface area contributed by atoms with Gasteiger partial charge >= 0.3 is 0 Å². The molecule has 2 atom stereocenters. The third-order valence-electron chi connectivity index (χ3n) is 6.70. The van der Waals surface area contributed by atoms with Gasteiger partial charge in [-0.3, -0.25) is 14.3 Å². The molecule has 2 aliphatic rings. The molecule has 0 unspecified atom stereocenters. The van der Waals surface area contributed by atoms with Crippen LogP contribution in [0, 0.1) is 0 Å². The van der Waals surface area contributed by atoms with Crippen molar-refractivity contribution in [3.8, 4) is 0 Å². The minimum Gasteiger partial charge on any atom is -0.382 e. The fourth-order valence-corrected chi connectivity index (χ4v) is 5.02. The highest BCUT2D eigenvalue weighted by Gasteiger charge is 2.28. The predicted molar refractivity (Wildman–Crippen MR) is 126 cm³/mol. The van der Waals surface area contributed by atoms with Crippen LogP contribution in [0.3, 0.4) is 0 Å². The number of imidazole rings is 1. The van der Waals surface area contributed by atoms with E-state index in [-0.39, 0.29) is 24.4 Å². The second-order valence-corrected chi connectivity index (χ2v) is 9.20. The maximum absolute atomic E-state index is 13.2. The summed E-state index contributed by atoms with van der Waals surface area (Å²) in [6.45, 7) is 5.90. The van der Waals surface area contributed by atoms with Crippen molar-refractivity contribution in [1.82, 2.24) is 29.5 Å². The molecule has 0 saturated carbocycles. The standard InChI is InChI=1S/C24H31N7O2/c1-16-4-5-19-20(26-16)6-7-21-24(19)28-22(9-13-30-11-3-10-25-30)31(21)15-23(33)29-12-8-18(14-29)27-17(2)32/h3,6-7,10-11,16,18,26H,4-5,8-9,12-15H2,1-2H3,(H,27,32)/t16-,18-/m0/s1. The van der Waals surface area contributed by atoms with Crippen LogP contribution in [0.1, 0.15) is 38.1 Å². The molecule has 0 bridgehead atoms. The molecular weight excluding hydrogens is 418 g/mol. The second-order valence-electron chi connectivity index (χ2n) is 9.20. The van der Waals surface area contributed by atoms with E-state index in [9.17, 15) is 9.59 Å². The van der Waals surface area contributed by atoms with Crippen LogP contribution in [0.25, 0.3) is 11.0 Å². The van der Waals surface area contributed by atoms with Gasteiger partial charge < -0.3 is 20.1 Å². The number of carbonyl (C=O) groups excluding carboxylic acids is 2. The second kappa shape index (κ2) is 8.88. The summed E-state index contributed by atoms with van der Waals surface area (Å²) < 4.78 is 3.97. The Balaban J connectivity index is 1.43. The van der Waals surface area contributed by atoms with Crippen LogP contribution in [0.5, 0.6) is 0 Å². The fourth-order valence-electron chi connectivity index (χ4n) is 5.02. The van der Waals surface area contributed by atoms with Gasteiger partial charge in [-0.1, -0.05) is 0 Å². The number of aryl methyl sites for hydroxylation is 3. The highest BCUT2D eigenvalue weighted by atomic mass is 16.2. The molecule has 2 amide bonds. The molecule has 0 radical (unpaired) electrons. The van der Waals surface area contributed by atoms with Gasteiger partial charge in [-0.05, 0) is 44.4 Å². The van der Waals surface area contributed by atoms with Gasteiger partial charge in [0.1, 0.15) is 12.4 Å². The molecule has 0 aliphatic carbocycles. The average Bonchev–Trinajstić information content (AvgIpc) is 3.52. The van der Waals surface area contributed by atoms with Gasteiger partial charge in [-0.15, -0.1) is 0 Å². The Morgan fingerprint density at radius 3 is 2.94 bits per heavy atom. The number of likely N-dealkylation sites (tertiary alicyclic amines) is 1. The van der Waals surface area contributed by atoms with Gasteiger partial charge in [0.2, 0.25) is 11.8 Å². The molecule has 1 saturated heterocycles. The van der Waals surface area contributed by atoms with Crippen LogP contribution in [0.4, 0.5) is 5.69 Å².